The molecule has 0 fully saturated rings. The van der Waals surface area contributed by atoms with Crippen LogP contribution >= 0.6 is 0 Å². The molecule has 0 amide bonds. The highest BCUT2D eigenvalue weighted by Gasteiger charge is 2.29. The van der Waals surface area contributed by atoms with Gasteiger partial charge in [-0.25, -0.2) is 0 Å². The van der Waals surface area contributed by atoms with Crippen LogP contribution in [0.1, 0.15) is 45.2 Å². The molecule has 10 heteroatoms. The van der Waals surface area contributed by atoms with Crippen LogP contribution in [0.3, 0.4) is 0 Å². The van der Waals surface area contributed by atoms with Gasteiger partial charge in [-0.3, -0.25) is 4.90 Å². The van der Waals surface area contributed by atoms with Crippen LogP contribution in [0.4, 0.5) is 0 Å². The van der Waals surface area contributed by atoms with Crippen LogP contribution in [0.2, 0.25) is 0 Å². The van der Waals surface area contributed by atoms with E-state index < -0.39 is 11.2 Å². The van der Waals surface area contributed by atoms with Gasteiger partial charge in [-0.05, 0) is 68.1 Å². The normalized spacial score (nSPS) is 13.3. The second kappa shape index (κ2) is 15.6. The summed E-state index contributed by atoms with van der Waals surface area (Å²) in [6.45, 7) is 8.85. The highest BCUT2D eigenvalue weighted by molar-refractivity contribution is 5.44. The smallest absolute Gasteiger partial charge is 0.294 e. The molecule has 0 bridgehead atoms. The van der Waals surface area contributed by atoms with Gasteiger partial charge in [0.05, 0.1) is 26.7 Å². The van der Waals surface area contributed by atoms with E-state index in [9.17, 15) is 10.1 Å². The Kier molecular flexibility index (Phi) is 12.6. The van der Waals surface area contributed by atoms with Crippen molar-refractivity contribution >= 4 is 0 Å². The zero-order valence-electron chi connectivity index (χ0n) is 24.0. The molecule has 0 aliphatic rings. The van der Waals surface area contributed by atoms with Gasteiger partial charge in [-0.15, -0.1) is 10.1 Å². The first-order valence-corrected chi connectivity index (χ1v) is 13.1. The van der Waals surface area contributed by atoms with Crippen molar-refractivity contribution < 1.29 is 28.9 Å². The third kappa shape index (κ3) is 9.52. The fraction of sp³-hybridized carbons (Fsp3) is 0.552. The third-order valence-electron chi connectivity index (χ3n) is 6.52. The number of nitrogens with zero attached hydrogens (tertiary/aromatic N) is 3. The van der Waals surface area contributed by atoms with E-state index in [4.69, 9.17) is 24.2 Å². The molecule has 39 heavy (non-hydrogen) atoms. The number of benzene rings is 2. The summed E-state index contributed by atoms with van der Waals surface area (Å²) in [5.41, 5.74) is 1.96. The molecule has 0 spiro atoms. The van der Waals surface area contributed by atoms with Crippen LogP contribution in [0.15, 0.2) is 36.4 Å². The van der Waals surface area contributed by atoms with Crippen molar-refractivity contribution in [3.05, 3.63) is 57.6 Å². The number of hydrogen-bond acceptors (Lipinski definition) is 9. The van der Waals surface area contributed by atoms with Crippen LogP contribution in [-0.2, 0) is 17.7 Å². The number of likely N-dealkylation sites (N-methyl/N-ethyl adjacent to an activating group) is 1. The summed E-state index contributed by atoms with van der Waals surface area (Å²) >= 11 is 0. The molecule has 0 aromatic heterocycles. The summed E-state index contributed by atoms with van der Waals surface area (Å²) in [7, 11) is 5.27. The predicted molar refractivity (Wildman–Crippen MR) is 148 cm³/mol. The minimum Gasteiger partial charge on any atom is -0.493 e. The molecule has 0 radical (unpaired) electrons. The van der Waals surface area contributed by atoms with E-state index in [0.29, 0.717) is 29.4 Å². The quantitative estimate of drug-likeness (QED) is 0.198. The lowest BCUT2D eigenvalue weighted by Crippen LogP contribution is -2.47. The number of nitriles is 1. The van der Waals surface area contributed by atoms with Gasteiger partial charge in [0.25, 0.3) is 5.09 Å². The topological polar surface area (TPSA) is 116 Å². The van der Waals surface area contributed by atoms with Crippen molar-refractivity contribution in [3.8, 4) is 29.1 Å². The average Bonchev–Trinajstić information content (AvgIpc) is 2.90. The molecular formula is C29H41N3O7. The van der Waals surface area contributed by atoms with Crippen molar-refractivity contribution in [3.63, 3.8) is 0 Å². The van der Waals surface area contributed by atoms with Gasteiger partial charge in [0, 0.05) is 12.6 Å². The lowest BCUT2D eigenvalue weighted by Gasteiger charge is -2.36. The summed E-state index contributed by atoms with van der Waals surface area (Å²) < 4.78 is 23.3. The molecule has 3 atom stereocenters. The van der Waals surface area contributed by atoms with Gasteiger partial charge in [-0.2, -0.15) is 5.26 Å². The van der Waals surface area contributed by atoms with Crippen LogP contribution in [0, 0.1) is 27.4 Å². The largest absolute Gasteiger partial charge is 0.493 e. The Hall–Kier alpha value is -3.71. The fourth-order valence-corrected chi connectivity index (χ4v) is 4.45. The second-order valence-electron chi connectivity index (χ2n) is 9.79. The summed E-state index contributed by atoms with van der Waals surface area (Å²) in [6.07, 6.45) is 1.22. The molecule has 0 saturated carbocycles. The maximum atomic E-state index is 10.5. The third-order valence-corrected chi connectivity index (χ3v) is 6.52. The minimum absolute atomic E-state index is 0.0278. The summed E-state index contributed by atoms with van der Waals surface area (Å²) in [4.78, 5) is 17.3. The number of hydrogen-bond donors (Lipinski definition) is 0. The van der Waals surface area contributed by atoms with Crippen molar-refractivity contribution in [1.82, 2.24) is 4.90 Å². The molecule has 0 N–H and O–H groups in total. The monoisotopic (exact) mass is 543 g/mol. The first-order valence-electron chi connectivity index (χ1n) is 13.1. The van der Waals surface area contributed by atoms with Crippen molar-refractivity contribution in [2.24, 2.45) is 5.92 Å². The van der Waals surface area contributed by atoms with Crippen molar-refractivity contribution in [1.29, 1.82) is 5.26 Å². The molecule has 0 saturated heterocycles. The molecule has 0 aliphatic heterocycles. The van der Waals surface area contributed by atoms with Crippen LogP contribution < -0.4 is 18.9 Å². The fourth-order valence-electron chi connectivity index (χ4n) is 4.45. The van der Waals surface area contributed by atoms with E-state index in [0.717, 1.165) is 30.5 Å². The standard InChI is InChI=1S/C29H41N3O7/c1-8-24(29(20(2)3)38-26-12-10-22(13-15-30)17-28(26)36-7)31(5)16-14-23-9-11-25(27(18-23)35-6)37-19-21(4)39-32(33)34/h9-12,17-18,20-21,24,29H,8,13-14,16,19H2,1-7H3. The first kappa shape index (κ1) is 31.5. The Balaban J connectivity index is 2.09. The first-order chi connectivity index (χ1) is 18.6. The Labute approximate surface area is 231 Å². The average molecular weight is 544 g/mol. The predicted octanol–water partition coefficient (Wildman–Crippen LogP) is 5.10. The Morgan fingerprint density at radius 3 is 2.21 bits per heavy atom. The van der Waals surface area contributed by atoms with Gasteiger partial charge >= 0.3 is 0 Å². The van der Waals surface area contributed by atoms with Gasteiger partial charge in [0.15, 0.2) is 23.0 Å². The van der Waals surface area contributed by atoms with Crippen LogP contribution in [-0.4, -0.2) is 62.7 Å². The molecule has 0 aliphatic carbocycles. The molecule has 3 unspecified atom stereocenters. The summed E-state index contributed by atoms with van der Waals surface area (Å²) in [5, 5.41) is 18.7. The van der Waals surface area contributed by atoms with E-state index in [2.05, 4.69) is 43.6 Å². The number of methoxy groups -OCH3 is 2. The van der Waals surface area contributed by atoms with Gasteiger partial charge in [0.1, 0.15) is 18.8 Å². The molecule has 2 aromatic carbocycles. The lowest BCUT2D eigenvalue weighted by molar-refractivity contribution is -0.767. The van der Waals surface area contributed by atoms with E-state index in [1.54, 1.807) is 21.1 Å². The zero-order chi connectivity index (χ0) is 28.9. The van der Waals surface area contributed by atoms with E-state index in [1.165, 1.54) is 0 Å². The SMILES string of the molecule is CCC(C(Oc1ccc(CC#N)cc1OC)C(C)C)N(C)CCc1ccc(OCC(C)O[N+](=O)[O-])c(OC)c1. The Bertz CT molecular complexity index is 1100. The summed E-state index contributed by atoms with van der Waals surface area (Å²) in [6, 6.07) is 13.7. The van der Waals surface area contributed by atoms with Gasteiger partial charge in [-0.1, -0.05) is 32.9 Å². The maximum Gasteiger partial charge on any atom is 0.294 e. The molecule has 2 rings (SSSR count). The van der Waals surface area contributed by atoms with Crippen LogP contribution in [0.5, 0.6) is 23.0 Å². The molecule has 10 nitrogen and oxygen atoms in total. The maximum absolute atomic E-state index is 10.5. The molecule has 214 valence electrons. The highest BCUT2D eigenvalue weighted by Crippen LogP contribution is 2.32. The minimum atomic E-state index is -0.827. The van der Waals surface area contributed by atoms with Crippen LogP contribution in [0.25, 0.3) is 0 Å². The molecule has 0 heterocycles. The van der Waals surface area contributed by atoms with Gasteiger partial charge in [0.2, 0.25) is 0 Å². The van der Waals surface area contributed by atoms with Crippen molar-refractivity contribution in [2.75, 3.05) is 34.4 Å². The number of rotatable bonds is 17. The number of ether oxygens (including phenoxy) is 4. The van der Waals surface area contributed by atoms with E-state index in [1.807, 2.05) is 36.4 Å². The zero-order valence-corrected chi connectivity index (χ0v) is 24.0. The second-order valence-corrected chi connectivity index (χ2v) is 9.79. The van der Waals surface area contributed by atoms with Crippen molar-refractivity contribution in [2.45, 2.75) is 65.2 Å². The Morgan fingerprint density at radius 2 is 1.62 bits per heavy atom. The van der Waals surface area contributed by atoms with E-state index in [-0.39, 0.29) is 24.7 Å². The van der Waals surface area contributed by atoms with Gasteiger partial charge < -0.3 is 23.8 Å². The van der Waals surface area contributed by atoms with E-state index >= 15 is 0 Å². The lowest BCUT2D eigenvalue weighted by atomic mass is 9.95. The molecule has 2 aromatic rings. The Morgan fingerprint density at radius 1 is 1.00 bits per heavy atom. The summed E-state index contributed by atoms with van der Waals surface area (Å²) in [5.74, 6) is 2.61. The molecular weight excluding hydrogens is 502 g/mol. The highest BCUT2D eigenvalue weighted by atomic mass is 17.0.